The van der Waals surface area contributed by atoms with E-state index in [4.69, 9.17) is 0 Å². The molecule has 0 saturated carbocycles. The fraction of sp³-hybridized carbons (Fsp3) is 0.455. The van der Waals surface area contributed by atoms with E-state index in [2.05, 4.69) is 5.32 Å². The van der Waals surface area contributed by atoms with Gasteiger partial charge in [-0.2, -0.15) is 0 Å². The molecule has 3 nitrogen and oxygen atoms in total. The van der Waals surface area contributed by atoms with Gasteiger partial charge in [0.2, 0.25) is 5.91 Å². The first-order valence-corrected chi connectivity index (χ1v) is 5.84. The molecule has 4 heteroatoms. The molecule has 1 heterocycles. The molecule has 1 aliphatic carbocycles. The fourth-order valence-electron chi connectivity index (χ4n) is 2.02. The molecule has 2 rings (SSSR count). The molecule has 1 aromatic heterocycles. The zero-order chi connectivity index (χ0) is 11.0. The van der Waals surface area contributed by atoms with Crippen LogP contribution in [-0.2, 0) is 17.6 Å². The first-order chi connectivity index (χ1) is 7.09. The summed E-state index contributed by atoms with van der Waals surface area (Å²) >= 11 is 1.55. The Morgan fingerprint density at radius 1 is 1.27 bits per heavy atom. The lowest BCUT2D eigenvalue weighted by molar-refractivity contribution is -0.114. The summed E-state index contributed by atoms with van der Waals surface area (Å²) in [6.45, 7) is 3.03. The number of amides is 1. The molecule has 0 aromatic carbocycles. The number of hydrogen-bond donors (Lipinski definition) is 1. The van der Waals surface area contributed by atoms with Crippen molar-refractivity contribution in [1.29, 1.82) is 0 Å². The standard InChI is InChI=1S/C11H13NO2S/c1-6(13)10-8-4-3-5-9(8)15-11(10)12-7(2)14/h3-5H2,1-2H3,(H,12,14). The SMILES string of the molecule is CC(=O)Nc1sc2c(c1C(C)=O)CCC2. The number of fused-ring (bicyclic) bond motifs is 1. The van der Waals surface area contributed by atoms with Crippen LogP contribution < -0.4 is 5.32 Å². The maximum Gasteiger partial charge on any atom is 0.221 e. The summed E-state index contributed by atoms with van der Waals surface area (Å²) < 4.78 is 0. The van der Waals surface area contributed by atoms with Crippen LogP contribution in [0.2, 0.25) is 0 Å². The minimum absolute atomic E-state index is 0.0538. The van der Waals surface area contributed by atoms with Gasteiger partial charge >= 0.3 is 0 Å². The van der Waals surface area contributed by atoms with E-state index in [0.717, 1.165) is 35.4 Å². The molecular formula is C11H13NO2S. The third-order valence-electron chi connectivity index (χ3n) is 2.56. The smallest absolute Gasteiger partial charge is 0.221 e. The van der Waals surface area contributed by atoms with Crippen molar-refractivity contribution in [3.05, 3.63) is 16.0 Å². The van der Waals surface area contributed by atoms with Crippen LogP contribution in [0, 0.1) is 0 Å². The Balaban J connectivity index is 2.46. The van der Waals surface area contributed by atoms with E-state index in [1.807, 2.05) is 0 Å². The highest BCUT2D eigenvalue weighted by Crippen LogP contribution is 2.39. The van der Waals surface area contributed by atoms with Gasteiger partial charge in [0.15, 0.2) is 5.78 Å². The zero-order valence-electron chi connectivity index (χ0n) is 8.85. The van der Waals surface area contributed by atoms with Gasteiger partial charge in [-0.3, -0.25) is 9.59 Å². The predicted octanol–water partition coefficient (Wildman–Crippen LogP) is 2.40. The van der Waals surface area contributed by atoms with Crippen molar-refractivity contribution in [3.63, 3.8) is 0 Å². The minimum atomic E-state index is -0.113. The second-order valence-corrected chi connectivity index (χ2v) is 4.90. The lowest BCUT2D eigenvalue weighted by Crippen LogP contribution is -2.08. The third kappa shape index (κ3) is 1.81. The lowest BCUT2D eigenvalue weighted by atomic mass is 10.1. The van der Waals surface area contributed by atoms with Crippen molar-refractivity contribution < 1.29 is 9.59 Å². The zero-order valence-corrected chi connectivity index (χ0v) is 9.66. The van der Waals surface area contributed by atoms with Crippen molar-refractivity contribution in [2.75, 3.05) is 5.32 Å². The Labute approximate surface area is 92.5 Å². The van der Waals surface area contributed by atoms with Gasteiger partial charge in [-0.25, -0.2) is 0 Å². The molecule has 0 unspecified atom stereocenters. The molecular weight excluding hydrogens is 210 g/mol. The Bertz CT molecular complexity index is 434. The Morgan fingerprint density at radius 2 is 2.00 bits per heavy atom. The third-order valence-corrected chi connectivity index (χ3v) is 3.77. The summed E-state index contributed by atoms with van der Waals surface area (Å²) in [5, 5.41) is 3.48. The Kier molecular flexibility index (Phi) is 2.61. The molecule has 0 aliphatic heterocycles. The highest BCUT2D eigenvalue weighted by Gasteiger charge is 2.24. The van der Waals surface area contributed by atoms with Gasteiger partial charge < -0.3 is 5.32 Å². The van der Waals surface area contributed by atoms with Crippen LogP contribution in [-0.4, -0.2) is 11.7 Å². The normalized spacial score (nSPS) is 13.7. The number of aryl methyl sites for hydroxylation is 1. The topological polar surface area (TPSA) is 46.2 Å². The number of anilines is 1. The van der Waals surface area contributed by atoms with Crippen LogP contribution in [0.4, 0.5) is 5.00 Å². The summed E-state index contributed by atoms with van der Waals surface area (Å²) in [7, 11) is 0. The lowest BCUT2D eigenvalue weighted by Gasteiger charge is -2.02. The maximum atomic E-state index is 11.5. The number of carbonyl (C=O) groups excluding carboxylic acids is 2. The molecule has 0 atom stereocenters. The molecule has 15 heavy (non-hydrogen) atoms. The fourth-order valence-corrected chi connectivity index (χ4v) is 3.41. The van der Waals surface area contributed by atoms with Crippen molar-refractivity contribution in [1.82, 2.24) is 0 Å². The quantitative estimate of drug-likeness (QED) is 0.782. The van der Waals surface area contributed by atoms with Crippen LogP contribution >= 0.6 is 11.3 Å². The first-order valence-electron chi connectivity index (χ1n) is 5.02. The van der Waals surface area contributed by atoms with E-state index in [-0.39, 0.29) is 11.7 Å². The van der Waals surface area contributed by atoms with E-state index >= 15 is 0 Å². The monoisotopic (exact) mass is 223 g/mol. The highest BCUT2D eigenvalue weighted by molar-refractivity contribution is 7.17. The highest BCUT2D eigenvalue weighted by atomic mass is 32.1. The minimum Gasteiger partial charge on any atom is -0.317 e. The molecule has 1 aromatic rings. The van der Waals surface area contributed by atoms with Gasteiger partial charge in [-0.05, 0) is 31.7 Å². The summed E-state index contributed by atoms with van der Waals surface area (Å²) in [4.78, 5) is 23.8. The van der Waals surface area contributed by atoms with Gasteiger partial charge in [0.05, 0.1) is 5.56 Å². The first kappa shape index (κ1) is 10.4. The molecule has 0 saturated heterocycles. The summed E-state index contributed by atoms with van der Waals surface area (Å²) in [6.07, 6.45) is 3.14. The summed E-state index contributed by atoms with van der Waals surface area (Å²) in [5.74, 6) is -0.0597. The van der Waals surface area contributed by atoms with Crippen LogP contribution in [0.15, 0.2) is 0 Å². The van der Waals surface area contributed by atoms with Crippen molar-refractivity contribution >= 4 is 28.0 Å². The van der Waals surface area contributed by atoms with Gasteiger partial charge in [-0.1, -0.05) is 0 Å². The molecule has 1 aliphatic rings. The average molecular weight is 223 g/mol. The van der Waals surface area contributed by atoms with Crippen molar-refractivity contribution in [3.8, 4) is 0 Å². The summed E-state index contributed by atoms with van der Waals surface area (Å²) in [5.41, 5.74) is 1.90. The van der Waals surface area contributed by atoms with E-state index in [1.54, 1.807) is 18.3 Å². The maximum absolute atomic E-state index is 11.5. The molecule has 0 spiro atoms. The van der Waals surface area contributed by atoms with Crippen LogP contribution in [0.25, 0.3) is 0 Å². The van der Waals surface area contributed by atoms with E-state index in [9.17, 15) is 9.59 Å². The summed E-state index contributed by atoms with van der Waals surface area (Å²) in [6, 6.07) is 0. The Hall–Kier alpha value is -1.16. The Morgan fingerprint density at radius 3 is 2.60 bits per heavy atom. The van der Waals surface area contributed by atoms with Crippen molar-refractivity contribution in [2.24, 2.45) is 0 Å². The van der Waals surface area contributed by atoms with Crippen molar-refractivity contribution in [2.45, 2.75) is 33.1 Å². The molecule has 1 N–H and O–H groups in total. The predicted molar refractivity (Wildman–Crippen MR) is 60.7 cm³/mol. The van der Waals surface area contributed by atoms with Gasteiger partial charge in [0, 0.05) is 11.8 Å². The van der Waals surface area contributed by atoms with Crippen LogP contribution in [0.5, 0.6) is 0 Å². The second-order valence-electron chi connectivity index (χ2n) is 3.80. The number of rotatable bonds is 2. The van der Waals surface area contributed by atoms with Crippen LogP contribution in [0.3, 0.4) is 0 Å². The molecule has 0 bridgehead atoms. The molecule has 0 radical (unpaired) electrons. The number of Topliss-reactive ketones (excluding diaryl/α,β-unsaturated/α-hetero) is 1. The average Bonchev–Trinajstić information content (AvgIpc) is 2.60. The van der Waals surface area contributed by atoms with Gasteiger partial charge in [0.25, 0.3) is 0 Å². The molecule has 1 amide bonds. The van der Waals surface area contributed by atoms with Crippen LogP contribution in [0.1, 0.15) is 41.1 Å². The molecule has 0 fully saturated rings. The van der Waals surface area contributed by atoms with E-state index in [0.29, 0.717) is 0 Å². The number of ketones is 1. The van der Waals surface area contributed by atoms with E-state index in [1.165, 1.54) is 11.8 Å². The van der Waals surface area contributed by atoms with E-state index < -0.39 is 0 Å². The number of thiophene rings is 1. The second kappa shape index (κ2) is 3.77. The van der Waals surface area contributed by atoms with Gasteiger partial charge in [-0.15, -0.1) is 11.3 Å². The number of carbonyl (C=O) groups is 2. The molecule has 80 valence electrons. The number of hydrogen-bond acceptors (Lipinski definition) is 3. The van der Waals surface area contributed by atoms with Gasteiger partial charge in [0.1, 0.15) is 5.00 Å². The number of nitrogens with one attached hydrogen (secondary N) is 1. The largest absolute Gasteiger partial charge is 0.317 e.